The number of carbonyl (C=O) groups excluding carboxylic acids is 1. The molecule has 2 atom stereocenters. The van der Waals surface area contributed by atoms with Crippen LogP contribution in [0.3, 0.4) is 0 Å². The van der Waals surface area contributed by atoms with Crippen LogP contribution in [0.15, 0.2) is 115 Å². The molecule has 38 heavy (non-hydrogen) atoms. The van der Waals surface area contributed by atoms with Crippen LogP contribution in [0.2, 0.25) is 0 Å². The van der Waals surface area contributed by atoms with Crippen LogP contribution >= 0.6 is 0 Å². The molecule has 3 heteroatoms. The van der Waals surface area contributed by atoms with Gasteiger partial charge in [0.25, 0.3) is 0 Å². The lowest BCUT2D eigenvalue weighted by molar-refractivity contribution is -0.130. The summed E-state index contributed by atoms with van der Waals surface area (Å²) >= 11 is 0. The van der Waals surface area contributed by atoms with Crippen LogP contribution in [-0.2, 0) is 16.9 Å². The monoisotopic (exact) mass is 491 g/mol. The van der Waals surface area contributed by atoms with Crippen molar-refractivity contribution in [2.24, 2.45) is 0 Å². The van der Waals surface area contributed by atoms with Gasteiger partial charge in [0.2, 0.25) is 5.91 Å². The molecular formula is C35H25NO2. The largest absolute Gasteiger partial charge is 0.496 e. The predicted octanol–water partition coefficient (Wildman–Crippen LogP) is 7.30. The van der Waals surface area contributed by atoms with Gasteiger partial charge in [0.05, 0.1) is 7.11 Å². The van der Waals surface area contributed by atoms with E-state index in [9.17, 15) is 4.79 Å². The van der Waals surface area contributed by atoms with E-state index in [2.05, 4.69) is 95.9 Å². The molecular weight excluding hydrogens is 466 g/mol. The molecule has 0 saturated carbocycles. The first-order chi connectivity index (χ1) is 18.7. The van der Waals surface area contributed by atoms with E-state index in [-0.39, 0.29) is 11.8 Å². The minimum Gasteiger partial charge on any atom is -0.496 e. The number of fused-ring (bicyclic) bond motifs is 8. The van der Waals surface area contributed by atoms with Crippen LogP contribution < -0.4 is 4.74 Å². The maximum Gasteiger partial charge on any atom is 0.248 e. The average Bonchev–Trinajstić information content (AvgIpc) is 3.27. The molecule has 0 radical (unpaired) electrons. The van der Waals surface area contributed by atoms with Crippen molar-refractivity contribution in [1.29, 1.82) is 0 Å². The highest BCUT2D eigenvalue weighted by atomic mass is 16.5. The first kappa shape index (κ1) is 21.5. The third-order valence-electron chi connectivity index (χ3n) is 8.77. The molecule has 2 heterocycles. The standard InChI is InChI=1S/C35H25NO2/c1-38-31-17-9-7-15-28(31)30-20-32(37)36-21-23-11-3-5-13-25(23)34-33-24-12-4-2-10-22(24)18-19-27(33)26-14-6-8-16-29(26)35(30,34)36/h2-20,34H,21H2,1H3/t34-,35-/m0/s1. The summed E-state index contributed by atoms with van der Waals surface area (Å²) in [5.74, 6) is 0.747. The second-order valence-electron chi connectivity index (χ2n) is 10.4. The Bertz CT molecular complexity index is 1830. The molecule has 1 amide bonds. The van der Waals surface area contributed by atoms with E-state index >= 15 is 0 Å². The van der Waals surface area contributed by atoms with Crippen molar-refractivity contribution in [3.63, 3.8) is 0 Å². The van der Waals surface area contributed by atoms with Crippen LogP contribution in [0.4, 0.5) is 0 Å². The summed E-state index contributed by atoms with van der Waals surface area (Å²) in [6.45, 7) is 0.565. The third kappa shape index (κ3) is 2.56. The SMILES string of the molecule is COc1ccccc1C1=CC(=O)N2Cc3ccccc3[C@H]3c4c(ccc5ccccc45)-c4ccccc4[C@]132. The smallest absolute Gasteiger partial charge is 0.248 e. The molecule has 3 nitrogen and oxygen atoms in total. The second-order valence-corrected chi connectivity index (χ2v) is 10.4. The highest BCUT2D eigenvalue weighted by Gasteiger charge is 2.61. The van der Waals surface area contributed by atoms with Gasteiger partial charge in [-0.2, -0.15) is 0 Å². The number of hydrogen-bond acceptors (Lipinski definition) is 2. The molecule has 0 N–H and O–H groups in total. The number of ether oxygens (including phenoxy) is 1. The third-order valence-corrected chi connectivity index (χ3v) is 8.77. The van der Waals surface area contributed by atoms with Crippen molar-refractivity contribution in [2.45, 2.75) is 18.0 Å². The Labute approximate surface area is 221 Å². The fourth-order valence-electron chi connectivity index (χ4n) is 7.35. The van der Waals surface area contributed by atoms with Crippen LogP contribution in [0.5, 0.6) is 5.75 Å². The normalized spacial score (nSPS) is 20.7. The number of methoxy groups -OCH3 is 1. The summed E-state index contributed by atoms with van der Waals surface area (Å²) in [7, 11) is 1.71. The van der Waals surface area contributed by atoms with Gasteiger partial charge in [-0.15, -0.1) is 0 Å². The molecule has 2 aliphatic heterocycles. The Balaban J connectivity index is 1.58. The molecule has 0 fully saturated rings. The van der Waals surface area contributed by atoms with Gasteiger partial charge in [-0.25, -0.2) is 0 Å². The van der Waals surface area contributed by atoms with E-state index in [1.807, 2.05) is 24.3 Å². The second kappa shape index (κ2) is 7.69. The zero-order valence-corrected chi connectivity index (χ0v) is 21.0. The Morgan fingerprint density at radius 3 is 2.39 bits per heavy atom. The number of amides is 1. The van der Waals surface area contributed by atoms with E-state index in [0.29, 0.717) is 6.54 Å². The van der Waals surface area contributed by atoms with Gasteiger partial charge >= 0.3 is 0 Å². The highest BCUT2D eigenvalue weighted by molar-refractivity contribution is 6.08. The minimum absolute atomic E-state index is 0.0453. The molecule has 1 aliphatic carbocycles. The van der Waals surface area contributed by atoms with Gasteiger partial charge < -0.3 is 9.64 Å². The lowest BCUT2D eigenvalue weighted by Crippen LogP contribution is -2.54. The molecule has 5 aromatic rings. The molecule has 0 saturated heterocycles. The number of carbonyl (C=O) groups is 1. The van der Waals surface area contributed by atoms with Crippen molar-refractivity contribution in [1.82, 2.24) is 4.90 Å². The molecule has 3 aliphatic rings. The van der Waals surface area contributed by atoms with Gasteiger partial charge in [0, 0.05) is 24.1 Å². The highest BCUT2D eigenvalue weighted by Crippen LogP contribution is 2.66. The zero-order valence-electron chi connectivity index (χ0n) is 21.0. The molecule has 8 rings (SSSR count). The number of benzene rings is 5. The van der Waals surface area contributed by atoms with E-state index in [4.69, 9.17) is 4.74 Å². The molecule has 5 aromatic carbocycles. The van der Waals surface area contributed by atoms with Crippen molar-refractivity contribution in [2.75, 3.05) is 7.11 Å². The summed E-state index contributed by atoms with van der Waals surface area (Å²) in [6, 6.07) is 38.6. The summed E-state index contributed by atoms with van der Waals surface area (Å²) in [5, 5.41) is 2.45. The molecule has 182 valence electrons. The maximum atomic E-state index is 14.0. The predicted molar refractivity (Wildman–Crippen MR) is 151 cm³/mol. The summed E-state index contributed by atoms with van der Waals surface area (Å²) in [4.78, 5) is 16.2. The Kier molecular flexibility index (Phi) is 4.34. The summed E-state index contributed by atoms with van der Waals surface area (Å²) < 4.78 is 5.88. The van der Waals surface area contributed by atoms with Gasteiger partial charge in [-0.1, -0.05) is 103 Å². The summed E-state index contributed by atoms with van der Waals surface area (Å²) in [6.07, 6.45) is 1.86. The van der Waals surface area contributed by atoms with Crippen molar-refractivity contribution >= 4 is 22.3 Å². The van der Waals surface area contributed by atoms with Gasteiger partial charge in [0.1, 0.15) is 11.3 Å². The quantitative estimate of drug-likeness (QED) is 0.259. The maximum absolute atomic E-state index is 14.0. The van der Waals surface area contributed by atoms with E-state index in [0.717, 1.165) is 16.9 Å². The first-order valence-corrected chi connectivity index (χ1v) is 13.1. The molecule has 0 aromatic heterocycles. The van der Waals surface area contributed by atoms with E-state index < -0.39 is 5.54 Å². The average molecular weight is 492 g/mol. The lowest BCUT2D eigenvalue weighted by atomic mass is 9.57. The number of para-hydroxylation sites is 1. The van der Waals surface area contributed by atoms with Crippen LogP contribution in [-0.4, -0.2) is 17.9 Å². The van der Waals surface area contributed by atoms with Crippen molar-refractivity contribution in [3.8, 4) is 16.9 Å². The Morgan fingerprint density at radius 1 is 0.763 bits per heavy atom. The Morgan fingerprint density at radius 2 is 1.50 bits per heavy atom. The van der Waals surface area contributed by atoms with Crippen LogP contribution in [0, 0.1) is 0 Å². The number of rotatable bonds is 2. The fourth-order valence-corrected chi connectivity index (χ4v) is 7.35. The molecule has 1 spiro atoms. The first-order valence-electron chi connectivity index (χ1n) is 13.1. The fraction of sp³-hybridized carbons (Fsp3) is 0.114. The van der Waals surface area contributed by atoms with Crippen molar-refractivity contribution in [3.05, 3.63) is 143 Å². The van der Waals surface area contributed by atoms with Crippen LogP contribution in [0.1, 0.15) is 33.7 Å². The Hall–Kier alpha value is -4.63. The molecule has 0 bridgehead atoms. The van der Waals surface area contributed by atoms with Gasteiger partial charge in [0.15, 0.2) is 0 Å². The topological polar surface area (TPSA) is 29.5 Å². The van der Waals surface area contributed by atoms with Crippen LogP contribution in [0.25, 0.3) is 27.5 Å². The van der Waals surface area contributed by atoms with Gasteiger partial charge in [-0.3, -0.25) is 4.79 Å². The van der Waals surface area contributed by atoms with Gasteiger partial charge in [-0.05, 0) is 55.8 Å². The molecule has 0 unspecified atom stereocenters. The lowest BCUT2D eigenvalue weighted by Gasteiger charge is -2.54. The number of nitrogens with zero attached hydrogens (tertiary/aromatic N) is 1. The zero-order chi connectivity index (χ0) is 25.4. The summed E-state index contributed by atoms with van der Waals surface area (Å²) in [5.41, 5.74) is 8.64. The van der Waals surface area contributed by atoms with Crippen molar-refractivity contribution < 1.29 is 9.53 Å². The number of hydrogen-bond donors (Lipinski definition) is 0. The minimum atomic E-state index is -0.701. The van der Waals surface area contributed by atoms with E-state index in [1.54, 1.807) is 7.11 Å². The van der Waals surface area contributed by atoms with E-state index in [1.165, 1.54) is 44.2 Å².